The van der Waals surface area contributed by atoms with Crippen LogP contribution < -0.4 is 0 Å². The molecule has 0 radical (unpaired) electrons. The maximum Gasteiger partial charge on any atom is 0.336 e. The van der Waals surface area contributed by atoms with Crippen molar-refractivity contribution in [1.82, 2.24) is 0 Å². The summed E-state index contributed by atoms with van der Waals surface area (Å²) >= 11 is 0. The first kappa shape index (κ1) is 24.5. The molecule has 0 heterocycles. The predicted octanol–water partition coefficient (Wildman–Crippen LogP) is 6.05. The van der Waals surface area contributed by atoms with E-state index in [0.29, 0.717) is 0 Å². The van der Waals surface area contributed by atoms with Gasteiger partial charge in [-0.05, 0) is 70.5 Å². The minimum atomic E-state index is -1.23. The molecule has 0 aliphatic heterocycles. The first-order valence-electron chi connectivity index (χ1n) is 11.0. The van der Waals surface area contributed by atoms with Gasteiger partial charge in [0.2, 0.25) is 0 Å². The summed E-state index contributed by atoms with van der Waals surface area (Å²) < 4.78 is 0. The van der Waals surface area contributed by atoms with Crippen molar-refractivity contribution in [3.05, 3.63) is 95.1 Å². The summed E-state index contributed by atoms with van der Waals surface area (Å²) in [5.41, 5.74) is 2.79. The fourth-order valence-electron chi connectivity index (χ4n) is 4.20. The van der Waals surface area contributed by atoms with E-state index in [1.807, 2.05) is 0 Å². The second kappa shape index (κ2) is 11.1. The van der Waals surface area contributed by atoms with Crippen LogP contribution in [-0.2, 0) is 17.6 Å². The number of hydrogen-bond acceptors (Lipinski definition) is 3. The SMILES string of the molecule is CC(=O)O.O=C(O)c1ccccc1C(=O)O.c1ccc2c(c1)ccc1c3c(ccc12)CCCC3. The Hall–Kier alpha value is -4.19. The molecule has 0 saturated carbocycles. The number of aliphatic carboxylic acids is 1. The Morgan fingerprint density at radius 2 is 1.15 bits per heavy atom. The van der Waals surface area contributed by atoms with E-state index in [2.05, 4.69) is 48.5 Å². The third-order valence-electron chi connectivity index (χ3n) is 5.65. The lowest BCUT2D eigenvalue weighted by Gasteiger charge is -2.18. The van der Waals surface area contributed by atoms with Crippen LogP contribution in [0.15, 0.2) is 72.8 Å². The zero-order valence-electron chi connectivity index (χ0n) is 18.8. The Morgan fingerprint density at radius 1 is 0.618 bits per heavy atom. The fourth-order valence-corrected chi connectivity index (χ4v) is 4.20. The Morgan fingerprint density at radius 3 is 1.76 bits per heavy atom. The van der Waals surface area contributed by atoms with Crippen LogP contribution in [0, 0.1) is 0 Å². The molecule has 4 aromatic carbocycles. The molecule has 34 heavy (non-hydrogen) atoms. The van der Waals surface area contributed by atoms with E-state index in [-0.39, 0.29) is 11.1 Å². The van der Waals surface area contributed by atoms with Gasteiger partial charge in [-0.3, -0.25) is 4.79 Å². The van der Waals surface area contributed by atoms with Crippen LogP contribution >= 0.6 is 0 Å². The van der Waals surface area contributed by atoms with Crippen molar-refractivity contribution in [2.45, 2.75) is 32.6 Å². The van der Waals surface area contributed by atoms with Gasteiger partial charge < -0.3 is 15.3 Å². The van der Waals surface area contributed by atoms with Crippen molar-refractivity contribution in [2.24, 2.45) is 0 Å². The Labute approximate surface area is 197 Å². The molecule has 0 unspecified atom stereocenters. The summed E-state index contributed by atoms with van der Waals surface area (Å²) in [5, 5.41) is 30.2. The molecule has 0 fully saturated rings. The zero-order valence-corrected chi connectivity index (χ0v) is 18.8. The average Bonchev–Trinajstić information content (AvgIpc) is 2.83. The number of benzene rings is 4. The van der Waals surface area contributed by atoms with Gasteiger partial charge in [0.05, 0.1) is 11.1 Å². The standard InChI is InChI=1S/C18H16.C8H6O4.C2H4O2/c1-3-7-15-13(5-1)9-11-18-16-8-4-2-6-14(16)10-12-17(15)18;9-7(10)5-3-1-2-4-6(5)8(11)12;1-2(3)4/h1,3,5,7,9-12H,2,4,6,8H2;1-4H,(H,9,10)(H,11,12);1H3,(H,3,4). The molecule has 0 amide bonds. The number of rotatable bonds is 2. The quantitative estimate of drug-likeness (QED) is 0.316. The maximum absolute atomic E-state index is 10.5. The molecule has 4 aromatic rings. The summed E-state index contributed by atoms with van der Waals surface area (Å²) in [6.45, 7) is 1.08. The molecule has 6 nitrogen and oxygen atoms in total. The monoisotopic (exact) mass is 458 g/mol. The second-order valence-corrected chi connectivity index (χ2v) is 7.97. The van der Waals surface area contributed by atoms with Crippen LogP contribution in [0.2, 0.25) is 0 Å². The van der Waals surface area contributed by atoms with Crippen molar-refractivity contribution in [1.29, 1.82) is 0 Å². The number of hydrogen-bond donors (Lipinski definition) is 3. The molecule has 3 N–H and O–H groups in total. The summed E-state index contributed by atoms with van der Waals surface area (Å²) in [4.78, 5) is 29.9. The van der Waals surface area contributed by atoms with E-state index in [9.17, 15) is 9.59 Å². The Balaban J connectivity index is 0.000000176. The third-order valence-corrected chi connectivity index (χ3v) is 5.65. The number of carboxylic acids is 3. The molecule has 1 aliphatic carbocycles. The first-order chi connectivity index (χ1) is 16.3. The smallest absolute Gasteiger partial charge is 0.336 e. The number of fused-ring (bicyclic) bond motifs is 5. The van der Waals surface area contributed by atoms with Gasteiger partial charge >= 0.3 is 11.9 Å². The minimum absolute atomic E-state index is 0.190. The van der Waals surface area contributed by atoms with E-state index in [0.717, 1.165) is 6.92 Å². The molecule has 0 atom stereocenters. The average molecular weight is 459 g/mol. The van der Waals surface area contributed by atoms with E-state index in [1.54, 1.807) is 11.1 Å². The molecule has 1 aliphatic rings. The fraction of sp³-hybridized carbons (Fsp3) is 0.179. The largest absolute Gasteiger partial charge is 0.481 e. The van der Waals surface area contributed by atoms with Crippen molar-refractivity contribution in [3.8, 4) is 0 Å². The highest BCUT2D eigenvalue weighted by Gasteiger charge is 2.14. The number of aryl methyl sites for hydroxylation is 2. The Kier molecular flexibility index (Phi) is 7.98. The van der Waals surface area contributed by atoms with Gasteiger partial charge in [0, 0.05) is 6.92 Å². The minimum Gasteiger partial charge on any atom is -0.481 e. The highest BCUT2D eigenvalue weighted by atomic mass is 16.4. The van der Waals surface area contributed by atoms with E-state index in [1.165, 1.54) is 71.5 Å². The molecule has 0 spiro atoms. The van der Waals surface area contributed by atoms with Gasteiger partial charge in [-0.25, -0.2) is 9.59 Å². The van der Waals surface area contributed by atoms with Crippen LogP contribution in [0.1, 0.15) is 51.6 Å². The van der Waals surface area contributed by atoms with Crippen molar-refractivity contribution >= 4 is 39.5 Å². The summed E-state index contributed by atoms with van der Waals surface area (Å²) in [6, 6.07) is 23.4. The lowest BCUT2D eigenvalue weighted by molar-refractivity contribution is -0.134. The van der Waals surface area contributed by atoms with E-state index in [4.69, 9.17) is 20.1 Å². The van der Waals surface area contributed by atoms with Gasteiger partial charge in [-0.2, -0.15) is 0 Å². The zero-order chi connectivity index (χ0) is 24.7. The molecule has 0 aromatic heterocycles. The molecule has 5 rings (SSSR count). The normalized spacial score (nSPS) is 11.9. The number of carboxylic acid groups (broad SMARTS) is 3. The van der Waals surface area contributed by atoms with Crippen molar-refractivity contribution < 1.29 is 29.7 Å². The lowest BCUT2D eigenvalue weighted by atomic mass is 9.86. The Bertz CT molecular complexity index is 1320. The van der Waals surface area contributed by atoms with Crippen molar-refractivity contribution in [3.63, 3.8) is 0 Å². The molecule has 0 saturated heterocycles. The maximum atomic E-state index is 10.5. The van der Waals surface area contributed by atoms with E-state index < -0.39 is 17.9 Å². The van der Waals surface area contributed by atoms with Crippen LogP contribution in [0.3, 0.4) is 0 Å². The number of carbonyl (C=O) groups is 3. The lowest BCUT2D eigenvalue weighted by Crippen LogP contribution is -2.06. The molecule has 0 bridgehead atoms. The van der Waals surface area contributed by atoms with Crippen LogP contribution in [0.25, 0.3) is 21.5 Å². The first-order valence-corrected chi connectivity index (χ1v) is 11.0. The van der Waals surface area contributed by atoms with Crippen LogP contribution in [-0.4, -0.2) is 33.2 Å². The van der Waals surface area contributed by atoms with Crippen LogP contribution in [0.5, 0.6) is 0 Å². The molecule has 174 valence electrons. The summed E-state index contributed by atoms with van der Waals surface area (Å²) in [5.74, 6) is -3.29. The van der Waals surface area contributed by atoms with Gasteiger partial charge in [0.25, 0.3) is 5.97 Å². The number of aromatic carboxylic acids is 2. The van der Waals surface area contributed by atoms with Gasteiger partial charge in [-0.1, -0.05) is 60.7 Å². The van der Waals surface area contributed by atoms with E-state index >= 15 is 0 Å². The summed E-state index contributed by atoms with van der Waals surface area (Å²) in [6.07, 6.45) is 5.22. The van der Waals surface area contributed by atoms with Crippen LogP contribution in [0.4, 0.5) is 0 Å². The highest BCUT2D eigenvalue weighted by Crippen LogP contribution is 2.33. The van der Waals surface area contributed by atoms with Gasteiger partial charge in [-0.15, -0.1) is 0 Å². The van der Waals surface area contributed by atoms with Gasteiger partial charge in [0.1, 0.15) is 0 Å². The molecule has 6 heteroatoms. The predicted molar refractivity (Wildman–Crippen MR) is 132 cm³/mol. The van der Waals surface area contributed by atoms with Crippen molar-refractivity contribution in [2.75, 3.05) is 0 Å². The van der Waals surface area contributed by atoms with Gasteiger partial charge in [0.15, 0.2) is 0 Å². The summed E-state index contributed by atoms with van der Waals surface area (Å²) in [7, 11) is 0. The second-order valence-electron chi connectivity index (χ2n) is 7.97. The highest BCUT2D eigenvalue weighted by molar-refractivity contribution is 6.08. The molecular formula is C28H26O6. The topological polar surface area (TPSA) is 112 Å². The third kappa shape index (κ3) is 5.78. The molecular weight excluding hydrogens is 432 g/mol.